The van der Waals surface area contributed by atoms with Gasteiger partial charge < -0.3 is 20.8 Å². The summed E-state index contributed by atoms with van der Waals surface area (Å²) < 4.78 is 34.1. The number of carbonyl (C=O) groups is 1. The van der Waals surface area contributed by atoms with Gasteiger partial charge in [-0.15, -0.1) is 0 Å². The number of H-pyrrole nitrogens is 1. The molecule has 2 aliphatic carbocycles. The third-order valence-electron chi connectivity index (χ3n) is 7.85. The van der Waals surface area contributed by atoms with Gasteiger partial charge in [-0.2, -0.15) is 0 Å². The minimum absolute atomic E-state index is 0.0297. The fourth-order valence-electron chi connectivity index (χ4n) is 5.96. The lowest BCUT2D eigenvalue weighted by molar-refractivity contribution is 0.0997. The number of fused-ring (bicyclic) bond motifs is 4. The molecule has 2 aromatic carbocycles. The maximum atomic E-state index is 14.3. The van der Waals surface area contributed by atoms with E-state index >= 15 is 0 Å². The predicted molar refractivity (Wildman–Crippen MR) is 126 cm³/mol. The molecule has 0 bridgehead atoms. The molecule has 4 N–H and O–H groups in total. The molecule has 3 aliphatic rings. The molecule has 1 fully saturated rings. The van der Waals surface area contributed by atoms with Crippen LogP contribution >= 0.6 is 0 Å². The normalized spacial score (nSPS) is 22.6. The summed E-state index contributed by atoms with van der Waals surface area (Å²) in [6, 6.07) is 7.91. The summed E-state index contributed by atoms with van der Waals surface area (Å²) in [5, 5.41) is 4.81. The van der Waals surface area contributed by atoms with Crippen LogP contribution in [0.4, 0.5) is 8.78 Å². The van der Waals surface area contributed by atoms with E-state index in [0.717, 1.165) is 42.5 Å². The maximum absolute atomic E-state index is 14.3. The summed E-state index contributed by atoms with van der Waals surface area (Å²) in [6.45, 7) is 0.351. The fourth-order valence-corrected chi connectivity index (χ4v) is 5.96. The monoisotopic (exact) mass is 465 g/mol. The van der Waals surface area contributed by atoms with Crippen molar-refractivity contribution in [2.45, 2.75) is 57.0 Å². The Kier molecular flexibility index (Phi) is 5.32. The van der Waals surface area contributed by atoms with Crippen LogP contribution in [0.1, 0.15) is 52.9 Å². The Morgan fingerprint density at radius 3 is 2.79 bits per heavy atom. The molecule has 0 saturated heterocycles. The number of aryl methyl sites for hydroxylation is 1. The first kappa shape index (κ1) is 21.6. The topological polar surface area (TPSA) is 80.1 Å². The molecule has 1 saturated carbocycles. The Hall–Kier alpha value is -2.93. The molecule has 178 valence electrons. The lowest BCUT2D eigenvalue weighted by Crippen LogP contribution is -2.49. The Bertz CT molecular complexity index is 1270. The zero-order valence-electron chi connectivity index (χ0n) is 19.0. The Morgan fingerprint density at radius 2 is 2.00 bits per heavy atom. The first-order chi connectivity index (χ1) is 16.5. The van der Waals surface area contributed by atoms with Gasteiger partial charge in [0.05, 0.1) is 0 Å². The van der Waals surface area contributed by atoms with Crippen LogP contribution in [-0.2, 0) is 19.3 Å². The SMILES string of the molecule is NC(=O)c1ccc(F)c2c1C[C@@H](NC(CC1CC1)C1CCc3[nH]c4ccc(F)cc4c3C1)CO2. The van der Waals surface area contributed by atoms with Gasteiger partial charge in [0.25, 0.3) is 0 Å². The summed E-state index contributed by atoms with van der Waals surface area (Å²) in [7, 11) is 0. The molecule has 5 nitrogen and oxygen atoms in total. The van der Waals surface area contributed by atoms with E-state index in [1.165, 1.54) is 42.3 Å². The third kappa shape index (κ3) is 3.96. The molecule has 1 amide bonds. The number of hydrogen-bond donors (Lipinski definition) is 3. The van der Waals surface area contributed by atoms with Crippen molar-refractivity contribution < 1.29 is 18.3 Å². The number of primary amides is 1. The standard InChI is InChI=1S/C27H29F2N3O2/c28-16-4-8-24-20(11-16)19-10-15(3-7-23(19)32-24)25(9-14-1-2-14)31-17-12-21-18(27(30)33)5-6-22(29)26(21)34-13-17/h4-6,8,11,14-15,17,25,31-32H,1-3,7,9-10,12-13H2,(H2,30,33)/t15?,17-,25?/m1/s1. The highest BCUT2D eigenvalue weighted by Gasteiger charge is 2.36. The molecule has 0 radical (unpaired) electrons. The molecule has 1 aliphatic heterocycles. The van der Waals surface area contributed by atoms with Crippen LogP contribution in [0, 0.1) is 23.5 Å². The van der Waals surface area contributed by atoms with Gasteiger partial charge in [0.1, 0.15) is 12.4 Å². The van der Waals surface area contributed by atoms with Crippen molar-refractivity contribution in [1.82, 2.24) is 10.3 Å². The summed E-state index contributed by atoms with van der Waals surface area (Å²) in [4.78, 5) is 15.4. The summed E-state index contributed by atoms with van der Waals surface area (Å²) in [5.41, 5.74) is 9.88. The average molecular weight is 466 g/mol. The smallest absolute Gasteiger partial charge is 0.249 e. The van der Waals surface area contributed by atoms with Crippen LogP contribution in [0.25, 0.3) is 10.9 Å². The van der Waals surface area contributed by atoms with Crippen LogP contribution in [0.5, 0.6) is 5.75 Å². The number of nitrogens with two attached hydrogens (primary N) is 1. The number of hydrogen-bond acceptors (Lipinski definition) is 3. The van der Waals surface area contributed by atoms with E-state index in [9.17, 15) is 13.6 Å². The number of aromatic amines is 1. The number of aromatic nitrogens is 1. The number of carbonyl (C=O) groups excluding carboxylic acids is 1. The number of rotatable bonds is 6. The van der Waals surface area contributed by atoms with Gasteiger partial charge in [-0.05, 0) is 79.8 Å². The van der Waals surface area contributed by atoms with Crippen LogP contribution in [0.15, 0.2) is 30.3 Å². The fraction of sp³-hybridized carbons (Fsp3) is 0.444. The summed E-state index contributed by atoms with van der Waals surface area (Å²) in [5.74, 6) is 0.0613. The minimum atomic E-state index is -0.568. The van der Waals surface area contributed by atoms with E-state index in [2.05, 4.69) is 10.3 Å². The van der Waals surface area contributed by atoms with E-state index < -0.39 is 11.7 Å². The highest BCUT2D eigenvalue weighted by molar-refractivity contribution is 5.95. The van der Waals surface area contributed by atoms with Crippen molar-refractivity contribution in [2.24, 2.45) is 17.6 Å². The summed E-state index contributed by atoms with van der Waals surface area (Å²) in [6.07, 6.45) is 7.01. The molecule has 2 unspecified atom stereocenters. The first-order valence-electron chi connectivity index (χ1n) is 12.2. The number of ether oxygens (including phenoxy) is 1. The third-order valence-corrected chi connectivity index (χ3v) is 7.85. The van der Waals surface area contributed by atoms with E-state index in [4.69, 9.17) is 10.5 Å². The molecule has 2 heterocycles. The van der Waals surface area contributed by atoms with E-state index in [1.54, 1.807) is 6.07 Å². The molecular formula is C27H29F2N3O2. The van der Waals surface area contributed by atoms with Crippen molar-refractivity contribution in [1.29, 1.82) is 0 Å². The molecule has 1 aromatic heterocycles. The minimum Gasteiger partial charge on any atom is -0.489 e. The highest BCUT2D eigenvalue weighted by atomic mass is 19.1. The average Bonchev–Trinajstić information content (AvgIpc) is 3.57. The first-order valence-corrected chi connectivity index (χ1v) is 12.2. The zero-order valence-corrected chi connectivity index (χ0v) is 19.0. The van der Waals surface area contributed by atoms with Gasteiger partial charge in [-0.3, -0.25) is 4.79 Å². The van der Waals surface area contributed by atoms with Crippen LogP contribution < -0.4 is 15.8 Å². The number of benzene rings is 2. The Morgan fingerprint density at radius 1 is 1.15 bits per heavy atom. The van der Waals surface area contributed by atoms with E-state index in [1.807, 2.05) is 6.07 Å². The van der Waals surface area contributed by atoms with Crippen LogP contribution in [0.2, 0.25) is 0 Å². The largest absolute Gasteiger partial charge is 0.489 e. The number of amides is 1. The second-order valence-electron chi connectivity index (χ2n) is 10.2. The lowest BCUT2D eigenvalue weighted by Gasteiger charge is -2.36. The van der Waals surface area contributed by atoms with Gasteiger partial charge in [0.15, 0.2) is 11.6 Å². The van der Waals surface area contributed by atoms with E-state index in [0.29, 0.717) is 30.1 Å². The van der Waals surface area contributed by atoms with Gasteiger partial charge in [-0.1, -0.05) is 12.8 Å². The molecule has 0 spiro atoms. The maximum Gasteiger partial charge on any atom is 0.249 e. The summed E-state index contributed by atoms with van der Waals surface area (Å²) >= 11 is 0. The van der Waals surface area contributed by atoms with Gasteiger partial charge in [0.2, 0.25) is 5.91 Å². The quantitative estimate of drug-likeness (QED) is 0.505. The lowest BCUT2D eigenvalue weighted by atomic mass is 9.79. The van der Waals surface area contributed by atoms with Gasteiger partial charge in [0, 0.05) is 39.8 Å². The van der Waals surface area contributed by atoms with Crippen LogP contribution in [-0.4, -0.2) is 29.6 Å². The van der Waals surface area contributed by atoms with Gasteiger partial charge >= 0.3 is 0 Å². The Labute approximate surface area is 197 Å². The molecule has 6 rings (SSSR count). The van der Waals surface area contributed by atoms with Crippen molar-refractivity contribution in [3.63, 3.8) is 0 Å². The van der Waals surface area contributed by atoms with Gasteiger partial charge in [-0.25, -0.2) is 8.78 Å². The molecule has 7 heteroatoms. The second kappa shape index (κ2) is 8.38. The highest BCUT2D eigenvalue weighted by Crippen LogP contribution is 2.40. The zero-order chi connectivity index (χ0) is 23.4. The van der Waals surface area contributed by atoms with Crippen molar-refractivity contribution in [3.8, 4) is 5.75 Å². The van der Waals surface area contributed by atoms with Crippen LogP contribution in [0.3, 0.4) is 0 Å². The van der Waals surface area contributed by atoms with Crippen molar-refractivity contribution in [2.75, 3.05) is 6.61 Å². The molecule has 34 heavy (non-hydrogen) atoms. The van der Waals surface area contributed by atoms with E-state index in [-0.39, 0.29) is 23.7 Å². The predicted octanol–water partition coefficient (Wildman–Crippen LogP) is 4.41. The molecule has 3 aromatic rings. The van der Waals surface area contributed by atoms with Crippen molar-refractivity contribution >= 4 is 16.8 Å². The molecule has 3 atom stereocenters. The number of nitrogens with one attached hydrogen (secondary N) is 2. The second-order valence-corrected chi connectivity index (χ2v) is 10.2. The number of halogens is 2. The van der Waals surface area contributed by atoms with Crippen molar-refractivity contribution in [3.05, 3.63) is 64.4 Å². The molecular weight excluding hydrogens is 436 g/mol. The Balaban J connectivity index is 1.25.